The van der Waals surface area contributed by atoms with Gasteiger partial charge in [-0.05, 0) is 30.7 Å². The van der Waals surface area contributed by atoms with Crippen LogP contribution in [0.1, 0.15) is 28.9 Å². The molecule has 0 spiro atoms. The monoisotopic (exact) mass is 441 g/mol. The third-order valence-corrected chi connectivity index (χ3v) is 4.33. The SMILES string of the molecule is Nc1nc(O)c2ncc(CNc3ccc(C(=O)NC(CCC(=O)O)C(=O)O)cc3)nc2n1. The van der Waals surface area contributed by atoms with Crippen LogP contribution in [0.25, 0.3) is 11.2 Å². The van der Waals surface area contributed by atoms with Crippen molar-refractivity contribution in [3.8, 4) is 5.88 Å². The molecule has 1 unspecified atom stereocenters. The highest BCUT2D eigenvalue weighted by Crippen LogP contribution is 2.18. The third-order valence-electron chi connectivity index (χ3n) is 4.33. The second kappa shape index (κ2) is 9.51. The molecule has 1 atom stereocenters. The number of carboxylic acids is 2. The normalized spacial score (nSPS) is 11.6. The van der Waals surface area contributed by atoms with E-state index < -0.39 is 23.9 Å². The van der Waals surface area contributed by atoms with Crippen molar-refractivity contribution in [2.45, 2.75) is 25.4 Å². The number of carboxylic acid groups (broad SMARTS) is 2. The van der Waals surface area contributed by atoms with Gasteiger partial charge < -0.3 is 31.7 Å². The average Bonchev–Trinajstić information content (AvgIpc) is 2.74. The van der Waals surface area contributed by atoms with Crippen molar-refractivity contribution in [3.05, 3.63) is 41.7 Å². The Morgan fingerprint density at radius 3 is 2.44 bits per heavy atom. The molecule has 13 nitrogen and oxygen atoms in total. The maximum absolute atomic E-state index is 12.3. The number of nitrogen functional groups attached to an aromatic ring is 1. The number of aromatic nitrogens is 4. The lowest BCUT2D eigenvalue weighted by Gasteiger charge is -2.14. The van der Waals surface area contributed by atoms with E-state index in [1.807, 2.05) is 0 Å². The summed E-state index contributed by atoms with van der Waals surface area (Å²) in [5.41, 5.74) is 7.15. The summed E-state index contributed by atoms with van der Waals surface area (Å²) in [6, 6.07) is 4.91. The Hall–Kier alpha value is -4.55. The molecule has 0 bridgehead atoms. The second-order valence-electron chi connectivity index (χ2n) is 6.67. The molecule has 2 heterocycles. The fourth-order valence-corrected chi connectivity index (χ4v) is 2.73. The van der Waals surface area contributed by atoms with E-state index in [1.54, 1.807) is 12.1 Å². The van der Waals surface area contributed by atoms with E-state index >= 15 is 0 Å². The number of anilines is 2. The number of amides is 1. The first-order chi connectivity index (χ1) is 15.2. The Kier molecular flexibility index (Phi) is 6.58. The van der Waals surface area contributed by atoms with Gasteiger partial charge in [0.15, 0.2) is 11.2 Å². The highest BCUT2D eigenvalue weighted by molar-refractivity contribution is 5.96. The molecule has 3 rings (SSSR count). The molecule has 0 aliphatic rings. The van der Waals surface area contributed by atoms with E-state index in [9.17, 15) is 19.5 Å². The molecular weight excluding hydrogens is 422 g/mol. The van der Waals surface area contributed by atoms with Gasteiger partial charge in [-0.25, -0.2) is 14.8 Å². The van der Waals surface area contributed by atoms with Crippen molar-refractivity contribution in [2.24, 2.45) is 0 Å². The maximum atomic E-state index is 12.3. The van der Waals surface area contributed by atoms with Crippen molar-refractivity contribution < 1.29 is 29.7 Å². The predicted molar refractivity (Wildman–Crippen MR) is 111 cm³/mol. The van der Waals surface area contributed by atoms with Crippen molar-refractivity contribution in [1.29, 1.82) is 0 Å². The van der Waals surface area contributed by atoms with Crippen molar-refractivity contribution >= 4 is 40.6 Å². The Balaban J connectivity index is 1.62. The fourth-order valence-electron chi connectivity index (χ4n) is 2.73. The van der Waals surface area contributed by atoms with Crippen molar-refractivity contribution in [2.75, 3.05) is 11.1 Å². The zero-order valence-electron chi connectivity index (χ0n) is 16.5. The van der Waals surface area contributed by atoms with Gasteiger partial charge >= 0.3 is 11.9 Å². The number of carbonyl (C=O) groups is 3. The number of nitrogens with one attached hydrogen (secondary N) is 2. The number of nitrogens with zero attached hydrogens (tertiary/aromatic N) is 4. The van der Waals surface area contributed by atoms with E-state index in [0.717, 1.165) is 0 Å². The standard InChI is InChI=1S/C19H19N7O6/c20-19-25-15-14(17(30)26-19)22-8-11(23-15)7-21-10-3-1-9(2-4-10)16(29)24-12(18(31)32)5-6-13(27)28/h1-4,8,12,21H,5-7H2,(H,24,29)(H,27,28)(H,31,32)(H3,20,23,25,26,30). The Bertz CT molecular complexity index is 1170. The number of carbonyl (C=O) groups excluding carboxylic acids is 1. The number of benzene rings is 1. The topological polar surface area (TPSA) is 214 Å². The van der Waals surface area contributed by atoms with Crippen molar-refractivity contribution in [1.82, 2.24) is 25.3 Å². The van der Waals surface area contributed by atoms with Gasteiger partial charge in [0.05, 0.1) is 18.4 Å². The molecule has 0 radical (unpaired) electrons. The molecule has 7 N–H and O–H groups in total. The van der Waals surface area contributed by atoms with Crippen molar-refractivity contribution in [3.63, 3.8) is 0 Å². The molecule has 0 fully saturated rings. The number of aromatic hydroxyl groups is 1. The highest BCUT2D eigenvalue weighted by Gasteiger charge is 2.21. The molecule has 0 aliphatic heterocycles. The van der Waals surface area contributed by atoms with E-state index in [1.165, 1.54) is 18.3 Å². The van der Waals surface area contributed by atoms with Gasteiger partial charge in [0.1, 0.15) is 6.04 Å². The molecule has 1 amide bonds. The molecule has 0 saturated heterocycles. The minimum Gasteiger partial charge on any atom is -0.492 e. The molecule has 1 aromatic carbocycles. The molecule has 32 heavy (non-hydrogen) atoms. The first-order valence-electron chi connectivity index (χ1n) is 9.30. The minimum absolute atomic E-state index is 0.126. The summed E-state index contributed by atoms with van der Waals surface area (Å²) in [6.07, 6.45) is 0.840. The smallest absolute Gasteiger partial charge is 0.326 e. The van der Waals surface area contributed by atoms with Gasteiger partial charge in [-0.1, -0.05) is 0 Å². The molecule has 13 heteroatoms. The zero-order chi connectivity index (χ0) is 23.3. The summed E-state index contributed by atoms with van der Waals surface area (Å²) in [4.78, 5) is 50.0. The second-order valence-corrected chi connectivity index (χ2v) is 6.67. The van der Waals surface area contributed by atoms with Gasteiger partial charge in [0.2, 0.25) is 11.8 Å². The lowest BCUT2D eigenvalue weighted by Crippen LogP contribution is -2.41. The first kappa shape index (κ1) is 22.1. The van der Waals surface area contributed by atoms with Gasteiger partial charge in [-0.15, -0.1) is 0 Å². The highest BCUT2D eigenvalue weighted by atomic mass is 16.4. The number of hydrogen-bond donors (Lipinski definition) is 6. The van der Waals surface area contributed by atoms with Gasteiger partial charge in [0.25, 0.3) is 5.91 Å². The van der Waals surface area contributed by atoms with E-state index in [-0.39, 0.29) is 47.9 Å². The molecule has 3 aromatic rings. The molecule has 0 aliphatic carbocycles. The van der Waals surface area contributed by atoms with Crippen LogP contribution in [0.4, 0.5) is 11.6 Å². The van der Waals surface area contributed by atoms with Crippen LogP contribution in [0, 0.1) is 0 Å². The Labute approximate surface area is 180 Å². The number of hydrogen-bond acceptors (Lipinski definition) is 10. The predicted octanol–water partition coefficient (Wildman–Crippen LogP) is 0.367. The summed E-state index contributed by atoms with van der Waals surface area (Å²) in [5, 5.41) is 32.9. The number of rotatable bonds is 9. The average molecular weight is 441 g/mol. The Morgan fingerprint density at radius 2 is 1.78 bits per heavy atom. The largest absolute Gasteiger partial charge is 0.492 e. The first-order valence-corrected chi connectivity index (χ1v) is 9.30. The van der Waals surface area contributed by atoms with Gasteiger partial charge in [0, 0.05) is 17.7 Å². The zero-order valence-corrected chi connectivity index (χ0v) is 16.5. The third kappa shape index (κ3) is 5.53. The van der Waals surface area contributed by atoms with Crippen LogP contribution in [0.5, 0.6) is 5.88 Å². The van der Waals surface area contributed by atoms with Gasteiger partial charge in [-0.3, -0.25) is 9.59 Å². The fraction of sp³-hybridized carbons (Fsp3) is 0.211. The van der Waals surface area contributed by atoms with E-state index in [0.29, 0.717) is 11.4 Å². The molecule has 0 saturated carbocycles. The summed E-state index contributed by atoms with van der Waals surface area (Å²) >= 11 is 0. The van der Waals surface area contributed by atoms with Crippen LogP contribution in [0.3, 0.4) is 0 Å². The van der Waals surface area contributed by atoms with E-state index in [4.69, 9.17) is 15.9 Å². The van der Waals surface area contributed by atoms with Crippen LogP contribution >= 0.6 is 0 Å². The lowest BCUT2D eigenvalue weighted by molar-refractivity contribution is -0.140. The number of aliphatic carboxylic acids is 2. The van der Waals surface area contributed by atoms with Gasteiger partial charge in [-0.2, -0.15) is 9.97 Å². The maximum Gasteiger partial charge on any atom is 0.326 e. The van der Waals surface area contributed by atoms with Crippen LogP contribution in [-0.2, 0) is 16.1 Å². The summed E-state index contributed by atoms with van der Waals surface area (Å²) in [6.45, 7) is 0.259. The van der Waals surface area contributed by atoms with Crippen LogP contribution in [-0.4, -0.2) is 59.1 Å². The molecule has 166 valence electrons. The quantitative estimate of drug-likeness (QED) is 0.266. The molecular formula is C19H19N7O6. The number of nitrogens with two attached hydrogens (primary N) is 1. The van der Waals surface area contributed by atoms with Crippen LogP contribution in [0.15, 0.2) is 30.5 Å². The van der Waals surface area contributed by atoms with Crippen LogP contribution in [0.2, 0.25) is 0 Å². The summed E-state index contributed by atoms with van der Waals surface area (Å²) in [7, 11) is 0. The summed E-state index contributed by atoms with van der Waals surface area (Å²) in [5.74, 6) is -3.58. The van der Waals surface area contributed by atoms with Crippen LogP contribution < -0.4 is 16.4 Å². The van der Waals surface area contributed by atoms with E-state index in [2.05, 4.69) is 30.6 Å². The lowest BCUT2D eigenvalue weighted by atomic mass is 10.1. The number of fused-ring (bicyclic) bond motifs is 1. The summed E-state index contributed by atoms with van der Waals surface area (Å²) < 4.78 is 0. The molecule has 2 aromatic heterocycles. The Morgan fingerprint density at radius 1 is 1.06 bits per heavy atom. The minimum atomic E-state index is -1.31.